The van der Waals surface area contributed by atoms with Gasteiger partial charge in [-0.25, -0.2) is 0 Å². The average molecular weight is 289 g/mol. The molecule has 100 valence electrons. The standard InChI is InChI=1S/C13H17ClO3S/c1-13(2,3)17-12(15)9-18(16)8-10-6-4-5-7-11(10)14/h4-7H,8-9H2,1-3H3. The maximum absolute atomic E-state index is 11.8. The summed E-state index contributed by atoms with van der Waals surface area (Å²) in [5.74, 6) is -0.297. The molecule has 0 radical (unpaired) electrons. The first-order valence-corrected chi connectivity index (χ1v) is 7.45. The molecule has 3 nitrogen and oxygen atoms in total. The van der Waals surface area contributed by atoms with Gasteiger partial charge in [0, 0.05) is 15.8 Å². The highest BCUT2D eigenvalue weighted by Crippen LogP contribution is 2.17. The third-order valence-electron chi connectivity index (χ3n) is 1.97. The number of hydrogen-bond donors (Lipinski definition) is 0. The van der Waals surface area contributed by atoms with Crippen molar-refractivity contribution in [3.05, 3.63) is 34.9 Å². The molecule has 0 spiro atoms. The van der Waals surface area contributed by atoms with Crippen molar-refractivity contribution in [2.24, 2.45) is 0 Å². The van der Waals surface area contributed by atoms with E-state index in [1.54, 1.807) is 32.9 Å². The van der Waals surface area contributed by atoms with Crippen LogP contribution in [0.2, 0.25) is 5.02 Å². The summed E-state index contributed by atoms with van der Waals surface area (Å²) in [6.45, 7) is 5.34. The van der Waals surface area contributed by atoms with Crippen LogP contribution in [0.1, 0.15) is 26.3 Å². The molecule has 0 aliphatic heterocycles. The van der Waals surface area contributed by atoms with Crippen molar-refractivity contribution in [2.45, 2.75) is 32.1 Å². The van der Waals surface area contributed by atoms with Gasteiger partial charge in [0.2, 0.25) is 0 Å². The van der Waals surface area contributed by atoms with Crippen LogP contribution < -0.4 is 0 Å². The molecule has 1 rings (SSSR count). The molecule has 5 heteroatoms. The van der Waals surface area contributed by atoms with Crippen LogP contribution in [-0.4, -0.2) is 21.5 Å². The fraction of sp³-hybridized carbons (Fsp3) is 0.462. The lowest BCUT2D eigenvalue weighted by molar-refractivity contribution is -0.151. The Morgan fingerprint density at radius 1 is 1.33 bits per heavy atom. The molecule has 0 amide bonds. The van der Waals surface area contributed by atoms with Gasteiger partial charge in [0.1, 0.15) is 11.4 Å². The van der Waals surface area contributed by atoms with Crippen molar-refractivity contribution in [2.75, 3.05) is 5.75 Å². The Labute approximate surface area is 115 Å². The van der Waals surface area contributed by atoms with Gasteiger partial charge in [-0.2, -0.15) is 0 Å². The molecule has 0 aromatic heterocycles. The van der Waals surface area contributed by atoms with Gasteiger partial charge in [0.25, 0.3) is 0 Å². The minimum atomic E-state index is -1.31. The predicted octanol–water partition coefficient (Wildman–Crippen LogP) is 2.93. The number of benzene rings is 1. The summed E-state index contributed by atoms with van der Waals surface area (Å²) in [7, 11) is -1.31. The maximum Gasteiger partial charge on any atom is 0.319 e. The molecule has 1 aromatic rings. The molecule has 1 aromatic carbocycles. The zero-order chi connectivity index (χ0) is 13.8. The van der Waals surface area contributed by atoms with E-state index < -0.39 is 22.4 Å². The second-order valence-corrected chi connectivity index (χ2v) is 6.77. The Bertz CT molecular complexity index is 452. The van der Waals surface area contributed by atoms with E-state index in [1.807, 2.05) is 12.1 Å². The summed E-state index contributed by atoms with van der Waals surface area (Å²) in [5, 5.41) is 0.565. The highest BCUT2D eigenvalue weighted by Gasteiger charge is 2.18. The Morgan fingerprint density at radius 3 is 2.50 bits per heavy atom. The lowest BCUT2D eigenvalue weighted by atomic mass is 10.2. The van der Waals surface area contributed by atoms with Gasteiger partial charge >= 0.3 is 5.97 Å². The molecular weight excluding hydrogens is 272 g/mol. The lowest BCUT2D eigenvalue weighted by Crippen LogP contribution is -2.27. The van der Waals surface area contributed by atoms with E-state index in [1.165, 1.54) is 0 Å². The van der Waals surface area contributed by atoms with E-state index in [-0.39, 0.29) is 11.5 Å². The summed E-state index contributed by atoms with van der Waals surface area (Å²) in [6.07, 6.45) is 0. The van der Waals surface area contributed by atoms with E-state index in [2.05, 4.69) is 0 Å². The molecule has 0 fully saturated rings. The van der Waals surface area contributed by atoms with Gasteiger partial charge in [-0.05, 0) is 32.4 Å². The number of ether oxygens (including phenoxy) is 1. The number of hydrogen-bond acceptors (Lipinski definition) is 3. The molecule has 0 saturated heterocycles. The highest BCUT2D eigenvalue weighted by atomic mass is 35.5. The fourth-order valence-corrected chi connectivity index (χ4v) is 2.65. The summed E-state index contributed by atoms with van der Waals surface area (Å²) in [5.41, 5.74) is 0.229. The smallest absolute Gasteiger partial charge is 0.319 e. The van der Waals surface area contributed by atoms with Gasteiger partial charge in [-0.15, -0.1) is 0 Å². The van der Waals surface area contributed by atoms with Crippen molar-refractivity contribution in [1.29, 1.82) is 0 Å². The van der Waals surface area contributed by atoms with Crippen molar-refractivity contribution in [3.8, 4) is 0 Å². The van der Waals surface area contributed by atoms with E-state index in [0.29, 0.717) is 5.02 Å². The third kappa shape index (κ3) is 5.65. The number of esters is 1. The third-order valence-corrected chi connectivity index (χ3v) is 3.53. The second kappa shape index (κ2) is 6.34. The number of rotatable bonds is 4. The van der Waals surface area contributed by atoms with E-state index in [9.17, 15) is 9.00 Å². The van der Waals surface area contributed by atoms with Crippen LogP contribution in [-0.2, 0) is 26.1 Å². The zero-order valence-electron chi connectivity index (χ0n) is 10.7. The number of carbonyl (C=O) groups excluding carboxylic acids is 1. The molecule has 0 aliphatic carbocycles. The Kier molecular flexibility index (Phi) is 5.35. The lowest BCUT2D eigenvalue weighted by Gasteiger charge is -2.19. The largest absolute Gasteiger partial charge is 0.459 e. The topological polar surface area (TPSA) is 43.4 Å². The van der Waals surface area contributed by atoms with Crippen LogP contribution in [0.25, 0.3) is 0 Å². The van der Waals surface area contributed by atoms with Gasteiger partial charge in [-0.3, -0.25) is 9.00 Å². The summed E-state index contributed by atoms with van der Waals surface area (Å²) in [6, 6.07) is 7.17. The number of halogens is 1. The normalized spacial score (nSPS) is 13.1. The van der Waals surface area contributed by atoms with Crippen LogP contribution >= 0.6 is 11.6 Å². The quantitative estimate of drug-likeness (QED) is 0.800. The minimum Gasteiger partial charge on any atom is -0.459 e. The molecular formula is C13H17ClO3S. The van der Waals surface area contributed by atoms with Crippen LogP contribution in [0.15, 0.2) is 24.3 Å². The maximum atomic E-state index is 11.8. The fourth-order valence-electron chi connectivity index (χ4n) is 1.34. The number of carbonyl (C=O) groups is 1. The summed E-state index contributed by atoms with van der Waals surface area (Å²) >= 11 is 5.96. The van der Waals surface area contributed by atoms with Crippen LogP contribution in [0.3, 0.4) is 0 Å². The molecule has 0 heterocycles. The van der Waals surface area contributed by atoms with Crippen molar-refractivity contribution in [1.82, 2.24) is 0 Å². The first-order valence-electron chi connectivity index (χ1n) is 5.58. The zero-order valence-corrected chi connectivity index (χ0v) is 12.3. The molecule has 0 bridgehead atoms. The highest BCUT2D eigenvalue weighted by molar-refractivity contribution is 7.84. The first kappa shape index (κ1) is 15.2. The van der Waals surface area contributed by atoms with Crippen molar-refractivity contribution >= 4 is 28.4 Å². The molecule has 0 saturated carbocycles. The van der Waals surface area contributed by atoms with Crippen LogP contribution in [0.5, 0.6) is 0 Å². The SMILES string of the molecule is CC(C)(C)OC(=O)CS(=O)Cc1ccccc1Cl. The minimum absolute atomic E-state index is 0.109. The molecule has 1 unspecified atom stereocenters. The van der Waals surface area contributed by atoms with Crippen molar-refractivity contribution in [3.63, 3.8) is 0 Å². The predicted molar refractivity (Wildman–Crippen MR) is 74.0 cm³/mol. The second-order valence-electron chi connectivity index (χ2n) is 4.91. The van der Waals surface area contributed by atoms with Crippen LogP contribution in [0, 0.1) is 0 Å². The monoisotopic (exact) mass is 288 g/mol. The average Bonchev–Trinajstić information content (AvgIpc) is 2.18. The molecule has 1 atom stereocenters. The molecule has 18 heavy (non-hydrogen) atoms. The Hall–Kier alpha value is -0.870. The van der Waals surface area contributed by atoms with E-state index in [4.69, 9.17) is 16.3 Å². The van der Waals surface area contributed by atoms with Gasteiger partial charge < -0.3 is 4.74 Å². The van der Waals surface area contributed by atoms with Gasteiger partial charge in [0.05, 0.1) is 5.75 Å². The van der Waals surface area contributed by atoms with E-state index in [0.717, 1.165) is 5.56 Å². The van der Waals surface area contributed by atoms with Gasteiger partial charge in [0.15, 0.2) is 0 Å². The van der Waals surface area contributed by atoms with Crippen molar-refractivity contribution < 1.29 is 13.7 Å². The van der Waals surface area contributed by atoms with E-state index >= 15 is 0 Å². The summed E-state index contributed by atoms with van der Waals surface area (Å²) < 4.78 is 16.9. The first-order chi connectivity index (χ1) is 8.28. The van der Waals surface area contributed by atoms with Crippen LogP contribution in [0.4, 0.5) is 0 Å². The molecule has 0 N–H and O–H groups in total. The summed E-state index contributed by atoms with van der Waals surface area (Å²) in [4.78, 5) is 11.5. The Morgan fingerprint density at radius 2 is 1.94 bits per heavy atom. The van der Waals surface area contributed by atoms with Gasteiger partial charge in [-0.1, -0.05) is 29.8 Å². The Balaban J connectivity index is 2.53. The molecule has 0 aliphatic rings.